The van der Waals surface area contributed by atoms with E-state index in [0.29, 0.717) is 29.0 Å². The van der Waals surface area contributed by atoms with Gasteiger partial charge in [0.1, 0.15) is 17.7 Å². The predicted molar refractivity (Wildman–Crippen MR) is 140 cm³/mol. The first-order valence-corrected chi connectivity index (χ1v) is 12.9. The van der Waals surface area contributed by atoms with Crippen molar-refractivity contribution in [2.75, 3.05) is 25.1 Å². The van der Waals surface area contributed by atoms with Gasteiger partial charge in [0.05, 0.1) is 25.4 Å². The van der Waals surface area contributed by atoms with E-state index in [4.69, 9.17) is 19.6 Å². The molecule has 3 heterocycles. The number of amides is 1. The average Bonchev–Trinajstić information content (AvgIpc) is 3.17. The molecule has 1 amide bonds. The molecule has 0 bridgehead atoms. The van der Waals surface area contributed by atoms with Crippen LogP contribution in [0.25, 0.3) is 11.1 Å². The fourth-order valence-corrected chi connectivity index (χ4v) is 5.01. The van der Waals surface area contributed by atoms with Gasteiger partial charge in [-0.1, -0.05) is 6.07 Å². The number of carbonyl (C=O) groups excluding carboxylic acids is 1. The van der Waals surface area contributed by atoms with E-state index >= 15 is 0 Å². The van der Waals surface area contributed by atoms with Gasteiger partial charge in [0.25, 0.3) is 0 Å². The molecule has 210 valence electrons. The maximum atomic E-state index is 13.9. The normalized spacial score (nSPS) is 18.5. The maximum Gasteiger partial charge on any atom is 0.411 e. The van der Waals surface area contributed by atoms with Gasteiger partial charge in [-0.2, -0.15) is 0 Å². The van der Waals surface area contributed by atoms with Gasteiger partial charge in [-0.25, -0.2) is 22.9 Å². The number of carboxylic acid groups (broad SMARTS) is 1. The monoisotopic (exact) mass is 555 g/mol. The van der Waals surface area contributed by atoms with Crippen LogP contribution in [0.15, 0.2) is 42.5 Å². The number of halogens is 3. The molecule has 2 aliphatic rings. The summed E-state index contributed by atoms with van der Waals surface area (Å²) >= 11 is 0. The van der Waals surface area contributed by atoms with Crippen LogP contribution in [-0.4, -0.2) is 53.3 Å². The molecule has 0 aliphatic carbocycles. The number of anilines is 1. The topological polar surface area (TPSA) is 92.2 Å². The molecule has 3 aromatic rings. The van der Waals surface area contributed by atoms with Crippen molar-refractivity contribution in [1.29, 1.82) is 0 Å². The van der Waals surface area contributed by atoms with Crippen LogP contribution in [0, 0.1) is 17.5 Å². The number of aromatic nitrogens is 1. The molecule has 2 atom stereocenters. The summed E-state index contributed by atoms with van der Waals surface area (Å²) in [5.41, 5.74) is 2.71. The Morgan fingerprint density at radius 1 is 1.10 bits per heavy atom. The molecule has 0 unspecified atom stereocenters. The second-order valence-corrected chi connectivity index (χ2v) is 9.90. The maximum absolute atomic E-state index is 13.9. The molecular formula is C29H28F3N3O5. The van der Waals surface area contributed by atoms with Crippen molar-refractivity contribution in [1.82, 2.24) is 9.88 Å². The van der Waals surface area contributed by atoms with Crippen molar-refractivity contribution in [2.24, 2.45) is 0 Å². The van der Waals surface area contributed by atoms with Crippen LogP contribution in [0.4, 0.5) is 23.8 Å². The van der Waals surface area contributed by atoms with Gasteiger partial charge in [-0.3, -0.25) is 9.69 Å². The smallest absolute Gasteiger partial charge is 0.411 e. The number of ether oxygens (including phenoxy) is 2. The van der Waals surface area contributed by atoms with Crippen molar-refractivity contribution in [3.8, 4) is 16.9 Å². The predicted octanol–water partition coefficient (Wildman–Crippen LogP) is 5.48. The van der Waals surface area contributed by atoms with E-state index in [-0.39, 0.29) is 18.5 Å². The molecule has 0 saturated carbocycles. The van der Waals surface area contributed by atoms with Gasteiger partial charge in [-0.15, -0.1) is 0 Å². The molecule has 1 aromatic heterocycles. The third-order valence-electron chi connectivity index (χ3n) is 7.37. The molecule has 8 nitrogen and oxygen atoms in total. The molecule has 0 radical (unpaired) electrons. The van der Waals surface area contributed by atoms with Crippen molar-refractivity contribution < 1.29 is 37.3 Å². The Morgan fingerprint density at radius 3 is 2.45 bits per heavy atom. The summed E-state index contributed by atoms with van der Waals surface area (Å²) < 4.78 is 52.5. The van der Waals surface area contributed by atoms with Crippen molar-refractivity contribution >= 4 is 17.9 Å². The Hall–Kier alpha value is -4.28. The highest BCUT2D eigenvalue weighted by molar-refractivity contribution is 5.76. The van der Waals surface area contributed by atoms with E-state index in [0.717, 1.165) is 43.0 Å². The third-order valence-corrected chi connectivity index (χ3v) is 7.37. The number of carboxylic acids is 1. The molecule has 2 fully saturated rings. The zero-order chi connectivity index (χ0) is 28.6. The number of aliphatic carboxylic acids is 1. The highest BCUT2D eigenvalue weighted by Crippen LogP contribution is 2.38. The lowest BCUT2D eigenvalue weighted by atomic mass is 9.97. The molecule has 2 saturated heterocycles. The van der Waals surface area contributed by atoms with E-state index in [1.165, 1.54) is 12.0 Å². The minimum absolute atomic E-state index is 0.00932. The average molecular weight is 556 g/mol. The number of rotatable bonds is 9. The van der Waals surface area contributed by atoms with Gasteiger partial charge in [0, 0.05) is 36.2 Å². The fraction of sp³-hybridized carbons (Fsp3) is 0.345. The number of cyclic esters (lactones) is 1. The van der Waals surface area contributed by atoms with Crippen LogP contribution in [0.1, 0.15) is 42.7 Å². The standard InChI is InChI=1S/C29H28F3N3O5/c1-16-28(18-13-21(30)27(32)22(31)14-18)40-29(38)35(16)15-23-19(6-8-25(33-23)34-10-3-11-34)20-12-17(5-9-26(36)37)4-7-24(20)39-2/h4,6-8,12-14,16,28H,3,5,9-11,15H2,1-2H3,(H,36,37)/t16-,28-/m0/s1. The zero-order valence-electron chi connectivity index (χ0n) is 22.0. The van der Waals surface area contributed by atoms with E-state index in [1.807, 2.05) is 18.2 Å². The lowest BCUT2D eigenvalue weighted by Crippen LogP contribution is -2.38. The van der Waals surface area contributed by atoms with E-state index < -0.39 is 41.7 Å². The highest BCUT2D eigenvalue weighted by Gasteiger charge is 2.41. The molecule has 1 N–H and O–H groups in total. The second kappa shape index (κ2) is 11.1. The Kier molecular flexibility index (Phi) is 7.55. The number of hydrogen-bond donors (Lipinski definition) is 1. The summed E-state index contributed by atoms with van der Waals surface area (Å²) in [6, 6.07) is 10.2. The van der Waals surface area contributed by atoms with E-state index in [9.17, 15) is 22.8 Å². The molecule has 11 heteroatoms. The van der Waals surface area contributed by atoms with Crippen LogP contribution in [0.3, 0.4) is 0 Å². The van der Waals surface area contributed by atoms with Crippen molar-refractivity contribution in [3.05, 3.63) is 76.7 Å². The largest absolute Gasteiger partial charge is 0.496 e. The van der Waals surface area contributed by atoms with Crippen LogP contribution >= 0.6 is 0 Å². The van der Waals surface area contributed by atoms with Gasteiger partial charge >= 0.3 is 12.1 Å². The van der Waals surface area contributed by atoms with E-state index in [1.54, 1.807) is 19.1 Å². The Morgan fingerprint density at radius 2 is 1.82 bits per heavy atom. The van der Waals surface area contributed by atoms with Gasteiger partial charge in [0.15, 0.2) is 17.5 Å². The Balaban J connectivity index is 1.51. The van der Waals surface area contributed by atoms with Crippen LogP contribution in [0.2, 0.25) is 0 Å². The van der Waals surface area contributed by atoms with Crippen LogP contribution in [-0.2, 0) is 22.5 Å². The van der Waals surface area contributed by atoms with E-state index in [2.05, 4.69) is 4.90 Å². The quantitative estimate of drug-likeness (QED) is 0.350. The van der Waals surface area contributed by atoms with Gasteiger partial charge < -0.3 is 19.5 Å². The first-order chi connectivity index (χ1) is 19.2. The first kappa shape index (κ1) is 27.3. The summed E-state index contributed by atoms with van der Waals surface area (Å²) in [4.78, 5) is 32.5. The summed E-state index contributed by atoms with van der Waals surface area (Å²) in [5.74, 6) is -3.93. The number of methoxy groups -OCH3 is 1. The Labute approximate surface area is 228 Å². The molecular weight excluding hydrogens is 527 g/mol. The summed E-state index contributed by atoms with van der Waals surface area (Å²) in [7, 11) is 1.53. The van der Waals surface area contributed by atoms with Crippen LogP contribution in [0.5, 0.6) is 5.75 Å². The van der Waals surface area contributed by atoms with Crippen molar-refractivity contribution in [3.63, 3.8) is 0 Å². The number of pyridine rings is 1. The summed E-state index contributed by atoms with van der Waals surface area (Å²) in [6.45, 7) is 3.40. The van der Waals surface area contributed by atoms with Gasteiger partial charge in [-0.05, 0) is 61.7 Å². The number of nitrogens with zero attached hydrogens (tertiary/aromatic N) is 3. The third kappa shape index (κ3) is 5.28. The number of aryl methyl sites for hydroxylation is 1. The van der Waals surface area contributed by atoms with Crippen molar-refractivity contribution in [2.45, 2.75) is 44.9 Å². The SMILES string of the molecule is COc1ccc(CCC(=O)O)cc1-c1ccc(N2CCC2)nc1CN1C(=O)O[C@H](c2cc(F)c(F)c(F)c2)[C@@H]1C. The number of carbonyl (C=O) groups is 2. The van der Waals surface area contributed by atoms with Gasteiger partial charge in [0.2, 0.25) is 0 Å². The second-order valence-electron chi connectivity index (χ2n) is 9.90. The zero-order valence-corrected chi connectivity index (χ0v) is 22.0. The molecule has 5 rings (SSSR count). The first-order valence-electron chi connectivity index (χ1n) is 12.9. The number of benzene rings is 2. The van der Waals surface area contributed by atoms with Crippen LogP contribution < -0.4 is 9.64 Å². The molecule has 40 heavy (non-hydrogen) atoms. The summed E-state index contributed by atoms with van der Waals surface area (Å²) in [6.07, 6.45) is -0.392. The lowest BCUT2D eigenvalue weighted by Gasteiger charge is -2.33. The fourth-order valence-electron chi connectivity index (χ4n) is 5.01. The highest BCUT2D eigenvalue weighted by atomic mass is 19.2. The molecule has 0 spiro atoms. The Bertz CT molecular complexity index is 1440. The summed E-state index contributed by atoms with van der Waals surface area (Å²) in [5, 5.41) is 9.13. The lowest BCUT2D eigenvalue weighted by molar-refractivity contribution is -0.136. The number of hydrogen-bond acceptors (Lipinski definition) is 6. The minimum Gasteiger partial charge on any atom is -0.496 e. The minimum atomic E-state index is -1.59. The molecule has 2 aliphatic heterocycles. The molecule has 2 aromatic carbocycles.